The summed E-state index contributed by atoms with van der Waals surface area (Å²) in [6.45, 7) is 5.96. The van der Waals surface area contributed by atoms with Crippen molar-refractivity contribution in [2.45, 2.75) is 27.2 Å². The fourth-order valence-electron chi connectivity index (χ4n) is 1.55. The zero-order valence-electron chi connectivity index (χ0n) is 9.00. The third-order valence-electron chi connectivity index (χ3n) is 2.35. The maximum atomic E-state index is 11.4. The van der Waals surface area contributed by atoms with Crippen molar-refractivity contribution in [3.05, 3.63) is 47.0 Å². The van der Waals surface area contributed by atoms with Gasteiger partial charge in [0.15, 0.2) is 5.78 Å². The van der Waals surface area contributed by atoms with Crippen molar-refractivity contribution < 1.29 is 4.79 Å². The van der Waals surface area contributed by atoms with Crippen molar-refractivity contribution in [1.29, 1.82) is 0 Å². The van der Waals surface area contributed by atoms with Gasteiger partial charge in [0.25, 0.3) is 0 Å². The van der Waals surface area contributed by atoms with E-state index in [0.717, 1.165) is 5.56 Å². The third kappa shape index (κ3) is 2.56. The van der Waals surface area contributed by atoms with Crippen LogP contribution in [0.2, 0.25) is 0 Å². The highest BCUT2D eigenvalue weighted by Gasteiger charge is 2.05. The predicted molar refractivity (Wildman–Crippen MR) is 59.4 cm³/mol. The Bertz CT molecular complexity index is 341. The zero-order chi connectivity index (χ0) is 10.6. The van der Waals surface area contributed by atoms with Crippen LogP contribution < -0.4 is 0 Å². The molecule has 0 saturated carbocycles. The molecule has 1 rings (SSSR count). The molecule has 0 amide bonds. The van der Waals surface area contributed by atoms with Crippen LogP contribution in [0.15, 0.2) is 30.4 Å². The van der Waals surface area contributed by atoms with Crippen LogP contribution in [-0.2, 0) is 11.2 Å². The minimum atomic E-state index is 0.171. The summed E-state index contributed by atoms with van der Waals surface area (Å²) >= 11 is 0. The molecule has 0 radical (unpaired) electrons. The van der Waals surface area contributed by atoms with Gasteiger partial charge in [-0.3, -0.25) is 4.79 Å². The molecular weight excluding hydrogens is 172 g/mol. The lowest BCUT2D eigenvalue weighted by Crippen LogP contribution is -2.02. The minimum Gasteiger partial charge on any atom is -0.294 e. The summed E-state index contributed by atoms with van der Waals surface area (Å²) in [4.78, 5) is 11.4. The second-order valence-electron chi connectivity index (χ2n) is 3.51. The largest absolute Gasteiger partial charge is 0.294 e. The molecule has 0 unspecified atom stereocenters. The average molecular weight is 188 g/mol. The summed E-state index contributed by atoms with van der Waals surface area (Å²) in [5.74, 6) is 0.171. The van der Waals surface area contributed by atoms with Gasteiger partial charge in [0, 0.05) is 6.42 Å². The van der Waals surface area contributed by atoms with E-state index in [4.69, 9.17) is 0 Å². The van der Waals surface area contributed by atoms with E-state index in [-0.39, 0.29) is 5.78 Å². The van der Waals surface area contributed by atoms with Gasteiger partial charge in [-0.25, -0.2) is 0 Å². The van der Waals surface area contributed by atoms with Crippen LogP contribution in [0.1, 0.15) is 23.6 Å². The Morgan fingerprint density at radius 1 is 1.29 bits per heavy atom. The van der Waals surface area contributed by atoms with Gasteiger partial charge in [0.1, 0.15) is 0 Å². The second kappa shape index (κ2) is 4.75. The number of rotatable bonds is 3. The lowest BCUT2D eigenvalue weighted by atomic mass is 9.98. The first-order chi connectivity index (χ1) is 6.65. The maximum Gasteiger partial charge on any atom is 0.159 e. The van der Waals surface area contributed by atoms with Crippen molar-refractivity contribution in [2.75, 3.05) is 0 Å². The Kier molecular flexibility index (Phi) is 3.63. The van der Waals surface area contributed by atoms with Gasteiger partial charge in [-0.2, -0.15) is 0 Å². The van der Waals surface area contributed by atoms with Crippen LogP contribution >= 0.6 is 0 Å². The number of hydrogen-bond donors (Lipinski definition) is 0. The van der Waals surface area contributed by atoms with Crippen molar-refractivity contribution in [3.8, 4) is 0 Å². The van der Waals surface area contributed by atoms with Gasteiger partial charge in [-0.15, -0.1) is 0 Å². The SMILES string of the molecule is C/C=C/C(=O)Cc1c(C)cccc1C. The number of ketones is 1. The molecule has 0 atom stereocenters. The predicted octanol–water partition coefficient (Wildman–Crippen LogP) is 2.99. The zero-order valence-corrected chi connectivity index (χ0v) is 9.00. The van der Waals surface area contributed by atoms with Gasteiger partial charge in [-0.1, -0.05) is 24.3 Å². The first kappa shape index (κ1) is 10.7. The average Bonchev–Trinajstić information content (AvgIpc) is 2.12. The Hall–Kier alpha value is -1.37. The molecule has 0 aliphatic carbocycles. The van der Waals surface area contributed by atoms with Crippen LogP contribution in [0, 0.1) is 13.8 Å². The minimum absolute atomic E-state index is 0.171. The molecule has 0 N–H and O–H groups in total. The molecule has 0 aliphatic heterocycles. The molecule has 1 aromatic rings. The highest BCUT2D eigenvalue weighted by Crippen LogP contribution is 2.14. The molecule has 1 aromatic carbocycles. The lowest BCUT2D eigenvalue weighted by molar-refractivity contribution is -0.114. The molecule has 0 spiro atoms. The molecule has 1 nitrogen and oxygen atoms in total. The molecule has 0 saturated heterocycles. The van der Waals surface area contributed by atoms with E-state index >= 15 is 0 Å². The van der Waals surface area contributed by atoms with Gasteiger partial charge < -0.3 is 0 Å². The summed E-state index contributed by atoms with van der Waals surface area (Å²) < 4.78 is 0. The number of allylic oxidation sites excluding steroid dienone is 2. The smallest absolute Gasteiger partial charge is 0.159 e. The number of aryl methyl sites for hydroxylation is 2. The Balaban J connectivity index is 2.91. The standard InChI is InChI=1S/C13H16O/c1-4-6-12(14)9-13-10(2)7-5-8-11(13)3/h4-8H,9H2,1-3H3/b6-4+. The van der Waals surface area contributed by atoms with Crippen molar-refractivity contribution in [2.24, 2.45) is 0 Å². The monoisotopic (exact) mass is 188 g/mol. The normalized spacial score (nSPS) is 10.8. The van der Waals surface area contributed by atoms with Crippen LogP contribution in [0.25, 0.3) is 0 Å². The molecular formula is C13H16O. The van der Waals surface area contributed by atoms with Crippen molar-refractivity contribution >= 4 is 5.78 Å². The first-order valence-electron chi connectivity index (χ1n) is 4.85. The van der Waals surface area contributed by atoms with Gasteiger partial charge in [-0.05, 0) is 43.5 Å². The summed E-state index contributed by atoms with van der Waals surface area (Å²) in [7, 11) is 0. The van der Waals surface area contributed by atoms with Crippen molar-refractivity contribution in [1.82, 2.24) is 0 Å². The van der Waals surface area contributed by atoms with Gasteiger partial charge in [0.2, 0.25) is 0 Å². The fourth-order valence-corrected chi connectivity index (χ4v) is 1.55. The van der Waals surface area contributed by atoms with Crippen LogP contribution in [0.4, 0.5) is 0 Å². The molecule has 0 aliphatic rings. The van der Waals surface area contributed by atoms with Crippen LogP contribution in [0.3, 0.4) is 0 Å². The molecule has 1 heteroatoms. The Morgan fingerprint density at radius 2 is 1.86 bits per heavy atom. The summed E-state index contributed by atoms with van der Waals surface area (Å²) in [6.07, 6.45) is 3.94. The summed E-state index contributed by atoms with van der Waals surface area (Å²) in [5.41, 5.74) is 3.56. The van der Waals surface area contributed by atoms with E-state index in [2.05, 4.69) is 0 Å². The number of carbonyl (C=O) groups excluding carboxylic acids is 1. The van der Waals surface area contributed by atoms with E-state index in [0.29, 0.717) is 6.42 Å². The topological polar surface area (TPSA) is 17.1 Å². The molecule has 74 valence electrons. The lowest BCUT2D eigenvalue weighted by Gasteiger charge is -2.06. The Morgan fingerprint density at radius 3 is 2.36 bits per heavy atom. The first-order valence-corrected chi connectivity index (χ1v) is 4.85. The molecule has 14 heavy (non-hydrogen) atoms. The maximum absolute atomic E-state index is 11.4. The van der Waals surface area contributed by atoms with E-state index in [1.165, 1.54) is 11.1 Å². The van der Waals surface area contributed by atoms with Gasteiger partial charge >= 0.3 is 0 Å². The highest BCUT2D eigenvalue weighted by atomic mass is 16.1. The van der Waals surface area contributed by atoms with Crippen LogP contribution in [0.5, 0.6) is 0 Å². The third-order valence-corrected chi connectivity index (χ3v) is 2.35. The summed E-state index contributed by atoms with van der Waals surface area (Å²) in [5, 5.41) is 0. The van der Waals surface area contributed by atoms with E-state index in [1.807, 2.05) is 39.0 Å². The molecule has 0 heterocycles. The quantitative estimate of drug-likeness (QED) is 0.666. The van der Waals surface area contributed by atoms with E-state index < -0.39 is 0 Å². The molecule has 0 fully saturated rings. The number of hydrogen-bond acceptors (Lipinski definition) is 1. The van der Waals surface area contributed by atoms with E-state index in [1.54, 1.807) is 12.2 Å². The number of carbonyl (C=O) groups is 1. The summed E-state index contributed by atoms with van der Waals surface area (Å²) in [6, 6.07) is 6.12. The molecule has 0 aromatic heterocycles. The molecule has 0 bridgehead atoms. The Labute approximate surface area is 85.5 Å². The fraction of sp³-hybridized carbons (Fsp3) is 0.308. The second-order valence-corrected chi connectivity index (χ2v) is 3.51. The van der Waals surface area contributed by atoms with E-state index in [9.17, 15) is 4.79 Å². The number of benzene rings is 1. The van der Waals surface area contributed by atoms with Crippen LogP contribution in [-0.4, -0.2) is 5.78 Å². The highest BCUT2D eigenvalue weighted by molar-refractivity contribution is 5.91. The van der Waals surface area contributed by atoms with Gasteiger partial charge in [0.05, 0.1) is 0 Å². The van der Waals surface area contributed by atoms with Crippen molar-refractivity contribution in [3.63, 3.8) is 0 Å².